The topological polar surface area (TPSA) is 41.1 Å². The Labute approximate surface area is 117 Å². The monoisotopic (exact) mass is 272 g/mol. The van der Waals surface area contributed by atoms with Crippen molar-refractivity contribution in [3.8, 4) is 0 Å². The number of anilines is 1. The van der Waals surface area contributed by atoms with E-state index in [2.05, 4.69) is 10.6 Å². The Bertz CT molecular complexity index is 599. The van der Waals surface area contributed by atoms with Gasteiger partial charge in [0.1, 0.15) is 5.82 Å². The summed E-state index contributed by atoms with van der Waals surface area (Å²) in [6, 6.07) is 14.1. The summed E-state index contributed by atoms with van der Waals surface area (Å²) in [5.74, 6) is -0.407. The zero-order valence-corrected chi connectivity index (χ0v) is 11.3. The van der Waals surface area contributed by atoms with E-state index in [9.17, 15) is 9.18 Å². The quantitative estimate of drug-likeness (QED) is 0.878. The van der Waals surface area contributed by atoms with Gasteiger partial charge >= 0.3 is 0 Å². The van der Waals surface area contributed by atoms with Crippen molar-refractivity contribution in [3.63, 3.8) is 0 Å². The molecule has 0 bridgehead atoms. The predicted molar refractivity (Wildman–Crippen MR) is 77.9 cm³/mol. The van der Waals surface area contributed by atoms with Crippen LogP contribution in [0, 0.1) is 12.7 Å². The number of carbonyl (C=O) groups excluding carboxylic acids is 1. The zero-order valence-electron chi connectivity index (χ0n) is 11.3. The third-order valence-electron chi connectivity index (χ3n) is 2.98. The van der Waals surface area contributed by atoms with E-state index in [0.717, 1.165) is 11.3 Å². The van der Waals surface area contributed by atoms with Crippen LogP contribution in [0.5, 0.6) is 0 Å². The lowest BCUT2D eigenvalue weighted by molar-refractivity contribution is -0.115. The second-order valence-electron chi connectivity index (χ2n) is 4.56. The van der Waals surface area contributed by atoms with Gasteiger partial charge in [-0.25, -0.2) is 4.39 Å². The summed E-state index contributed by atoms with van der Waals surface area (Å²) in [4.78, 5) is 11.8. The summed E-state index contributed by atoms with van der Waals surface area (Å²) in [5.41, 5.74) is 2.36. The highest BCUT2D eigenvalue weighted by molar-refractivity contribution is 5.92. The first kappa shape index (κ1) is 14.2. The predicted octanol–water partition coefficient (Wildman–Crippen LogP) is 2.86. The van der Waals surface area contributed by atoms with Crippen LogP contribution >= 0.6 is 0 Å². The van der Waals surface area contributed by atoms with Crippen LogP contribution in [0.15, 0.2) is 48.5 Å². The van der Waals surface area contributed by atoms with Crippen LogP contribution in [0.1, 0.15) is 11.1 Å². The number of benzene rings is 2. The highest BCUT2D eigenvalue weighted by Gasteiger charge is 2.05. The number of halogens is 1. The lowest BCUT2D eigenvalue weighted by atomic mass is 10.2. The molecule has 0 aliphatic heterocycles. The normalized spacial score (nSPS) is 10.3. The van der Waals surface area contributed by atoms with Gasteiger partial charge in [0, 0.05) is 17.8 Å². The molecular formula is C16H17FN2O. The van der Waals surface area contributed by atoms with Crippen LogP contribution in [-0.4, -0.2) is 12.5 Å². The smallest absolute Gasteiger partial charge is 0.238 e. The van der Waals surface area contributed by atoms with Crippen molar-refractivity contribution >= 4 is 11.6 Å². The average Bonchev–Trinajstić information content (AvgIpc) is 2.43. The van der Waals surface area contributed by atoms with Crippen molar-refractivity contribution in [1.82, 2.24) is 5.32 Å². The van der Waals surface area contributed by atoms with E-state index in [1.54, 1.807) is 18.2 Å². The van der Waals surface area contributed by atoms with Crippen LogP contribution in [-0.2, 0) is 11.3 Å². The van der Waals surface area contributed by atoms with Crippen LogP contribution in [0.25, 0.3) is 0 Å². The van der Waals surface area contributed by atoms with Gasteiger partial charge in [-0.3, -0.25) is 4.79 Å². The maximum atomic E-state index is 13.4. The fourth-order valence-corrected chi connectivity index (χ4v) is 1.86. The first-order valence-electron chi connectivity index (χ1n) is 6.46. The summed E-state index contributed by atoms with van der Waals surface area (Å²) in [7, 11) is 0. The number of hydrogen-bond donors (Lipinski definition) is 2. The molecule has 0 fully saturated rings. The number of para-hydroxylation sites is 1. The summed E-state index contributed by atoms with van der Waals surface area (Å²) in [6.07, 6.45) is 0. The first-order valence-corrected chi connectivity index (χ1v) is 6.46. The molecule has 0 spiro atoms. The Morgan fingerprint density at radius 1 is 1.10 bits per heavy atom. The number of nitrogens with one attached hydrogen (secondary N) is 2. The van der Waals surface area contributed by atoms with E-state index in [4.69, 9.17) is 0 Å². The Morgan fingerprint density at radius 2 is 1.80 bits per heavy atom. The van der Waals surface area contributed by atoms with Gasteiger partial charge < -0.3 is 10.6 Å². The molecule has 0 aliphatic carbocycles. The van der Waals surface area contributed by atoms with Crippen molar-refractivity contribution in [1.29, 1.82) is 0 Å². The van der Waals surface area contributed by atoms with Crippen molar-refractivity contribution in [2.75, 3.05) is 11.9 Å². The molecule has 0 unspecified atom stereocenters. The molecule has 0 atom stereocenters. The van der Waals surface area contributed by atoms with Crippen molar-refractivity contribution in [2.24, 2.45) is 0 Å². The Morgan fingerprint density at radius 3 is 2.55 bits per heavy atom. The largest absolute Gasteiger partial charge is 0.325 e. The van der Waals surface area contributed by atoms with Crippen LogP contribution in [0.4, 0.5) is 10.1 Å². The van der Waals surface area contributed by atoms with Crippen LogP contribution < -0.4 is 10.6 Å². The molecule has 0 saturated carbocycles. The van der Waals surface area contributed by atoms with E-state index in [-0.39, 0.29) is 18.3 Å². The number of carbonyl (C=O) groups is 1. The highest BCUT2D eigenvalue weighted by atomic mass is 19.1. The average molecular weight is 272 g/mol. The SMILES string of the molecule is Cc1ccccc1NC(=O)CNCc1ccccc1F. The van der Waals surface area contributed by atoms with E-state index in [1.807, 2.05) is 31.2 Å². The van der Waals surface area contributed by atoms with Crippen molar-refractivity contribution < 1.29 is 9.18 Å². The summed E-state index contributed by atoms with van der Waals surface area (Å²) in [5, 5.41) is 5.75. The van der Waals surface area contributed by atoms with E-state index in [1.165, 1.54) is 6.07 Å². The van der Waals surface area contributed by atoms with E-state index in [0.29, 0.717) is 12.1 Å². The Hall–Kier alpha value is -2.20. The molecule has 104 valence electrons. The van der Waals surface area contributed by atoms with Gasteiger partial charge in [-0.1, -0.05) is 36.4 Å². The summed E-state index contributed by atoms with van der Waals surface area (Å²) >= 11 is 0. The number of hydrogen-bond acceptors (Lipinski definition) is 2. The number of aryl methyl sites for hydroxylation is 1. The van der Waals surface area contributed by atoms with Gasteiger partial charge in [0.2, 0.25) is 5.91 Å². The molecule has 2 N–H and O–H groups in total. The molecule has 0 radical (unpaired) electrons. The van der Waals surface area contributed by atoms with Gasteiger partial charge in [0.15, 0.2) is 0 Å². The standard InChI is InChI=1S/C16H17FN2O/c1-12-6-2-5-9-15(12)19-16(20)11-18-10-13-7-3-4-8-14(13)17/h2-9,18H,10-11H2,1H3,(H,19,20). The number of amides is 1. The lowest BCUT2D eigenvalue weighted by Crippen LogP contribution is -2.28. The maximum absolute atomic E-state index is 13.4. The van der Waals surface area contributed by atoms with E-state index >= 15 is 0 Å². The molecule has 0 saturated heterocycles. The molecule has 3 nitrogen and oxygen atoms in total. The molecule has 0 aliphatic rings. The molecule has 0 aromatic heterocycles. The van der Waals surface area contributed by atoms with Gasteiger partial charge in [-0.05, 0) is 24.6 Å². The van der Waals surface area contributed by atoms with E-state index < -0.39 is 0 Å². The molecule has 4 heteroatoms. The lowest BCUT2D eigenvalue weighted by Gasteiger charge is -2.09. The molecule has 1 amide bonds. The summed E-state index contributed by atoms with van der Waals surface area (Å²) in [6.45, 7) is 2.40. The molecule has 2 rings (SSSR count). The van der Waals surface area contributed by atoms with Crippen molar-refractivity contribution in [3.05, 3.63) is 65.5 Å². The minimum atomic E-state index is -0.265. The molecule has 2 aromatic rings. The molecule has 20 heavy (non-hydrogen) atoms. The molecule has 2 aromatic carbocycles. The Kier molecular flexibility index (Phi) is 4.85. The summed E-state index contributed by atoms with van der Waals surface area (Å²) < 4.78 is 13.4. The highest BCUT2D eigenvalue weighted by Crippen LogP contribution is 2.12. The maximum Gasteiger partial charge on any atom is 0.238 e. The first-order chi connectivity index (χ1) is 9.66. The van der Waals surface area contributed by atoms with Gasteiger partial charge in [-0.15, -0.1) is 0 Å². The van der Waals surface area contributed by atoms with Crippen molar-refractivity contribution in [2.45, 2.75) is 13.5 Å². The van der Waals surface area contributed by atoms with Gasteiger partial charge in [-0.2, -0.15) is 0 Å². The second-order valence-corrected chi connectivity index (χ2v) is 4.56. The van der Waals surface area contributed by atoms with Crippen LogP contribution in [0.2, 0.25) is 0 Å². The van der Waals surface area contributed by atoms with Crippen LogP contribution in [0.3, 0.4) is 0 Å². The fraction of sp³-hybridized carbons (Fsp3) is 0.188. The second kappa shape index (κ2) is 6.82. The molecule has 0 heterocycles. The van der Waals surface area contributed by atoms with Gasteiger partial charge in [0.25, 0.3) is 0 Å². The third kappa shape index (κ3) is 3.90. The fourth-order valence-electron chi connectivity index (χ4n) is 1.86. The minimum absolute atomic E-state index is 0.142. The van der Waals surface area contributed by atoms with Gasteiger partial charge in [0.05, 0.1) is 6.54 Å². The zero-order chi connectivity index (χ0) is 14.4. The third-order valence-corrected chi connectivity index (χ3v) is 2.98. The molecular weight excluding hydrogens is 255 g/mol. The number of rotatable bonds is 5. The Balaban J connectivity index is 1.82. The minimum Gasteiger partial charge on any atom is -0.325 e.